The number of carbonyl (C=O) groups excluding carboxylic acids is 1. The van der Waals surface area contributed by atoms with E-state index >= 15 is 0 Å². The number of primary amides is 1. The van der Waals surface area contributed by atoms with Crippen LogP contribution in [0, 0.1) is 0 Å². The smallest absolute Gasteiger partial charge is 0.331 e. The first-order valence-corrected chi connectivity index (χ1v) is 9.34. The number of aromatic nitrogens is 6. The maximum absolute atomic E-state index is 12.3. The average molecular weight is 446 g/mol. The van der Waals surface area contributed by atoms with E-state index in [4.69, 9.17) is 21.8 Å². The normalized spacial score (nSPS) is 12.4. The fourth-order valence-electron chi connectivity index (χ4n) is 3.02. The number of fused-ring (bicyclic) bond motifs is 1. The van der Waals surface area contributed by atoms with Gasteiger partial charge in [0.1, 0.15) is 23.0 Å². The molecule has 0 spiro atoms. The molecule has 4 rings (SSSR count). The van der Waals surface area contributed by atoms with Gasteiger partial charge in [-0.25, -0.2) is 4.79 Å². The predicted octanol–water partition coefficient (Wildman–Crippen LogP) is -0.186. The molecule has 0 radical (unpaired) electrons. The molecule has 0 aliphatic carbocycles. The molecule has 0 saturated carbocycles. The summed E-state index contributed by atoms with van der Waals surface area (Å²) in [5, 5.41) is 23.5. The van der Waals surface area contributed by atoms with E-state index in [1.807, 2.05) is 0 Å². The van der Waals surface area contributed by atoms with Crippen molar-refractivity contribution in [3.63, 3.8) is 0 Å². The van der Waals surface area contributed by atoms with Crippen molar-refractivity contribution in [1.29, 1.82) is 0 Å². The van der Waals surface area contributed by atoms with Gasteiger partial charge in [-0.1, -0.05) is 11.6 Å². The topological polar surface area (TPSA) is 164 Å². The highest BCUT2D eigenvalue weighted by atomic mass is 35.5. The van der Waals surface area contributed by atoms with Gasteiger partial charge in [-0.05, 0) is 29.5 Å². The summed E-state index contributed by atoms with van der Waals surface area (Å²) in [6.07, 6.45) is -0.00260. The van der Waals surface area contributed by atoms with Crippen LogP contribution in [0.5, 0.6) is 0 Å². The Hall–Kier alpha value is -3.77. The molecule has 1 aromatic carbocycles. The summed E-state index contributed by atoms with van der Waals surface area (Å²) in [5.74, 6) is -0.530. The van der Waals surface area contributed by atoms with E-state index < -0.39 is 23.3 Å². The Balaban J connectivity index is 1.54. The minimum absolute atomic E-state index is 0.0603. The van der Waals surface area contributed by atoms with Crippen LogP contribution in [0.3, 0.4) is 0 Å². The third kappa shape index (κ3) is 3.98. The van der Waals surface area contributed by atoms with E-state index in [0.29, 0.717) is 16.4 Å². The summed E-state index contributed by atoms with van der Waals surface area (Å²) < 4.78 is 7.45. The SMILES string of the molecule is Cn1c(=O)c(C(N)=O)cn(Cc2nnn(C[C@H](O)c3cc4cc(Cl)ccc4o3)n2)c1=O. The standard InChI is InChI=1S/C18H16ClN7O5/c1-24-17(29)11(16(20)28)6-25(18(24)30)8-15-21-23-26(22-15)7-12(27)14-5-9-4-10(19)2-3-13(9)31-14/h2-6,12,27H,7-8H2,1H3,(H2,20,28)/t12-/m0/s1. The second-order valence-electron chi connectivity index (χ2n) is 6.79. The number of rotatable bonds is 6. The van der Waals surface area contributed by atoms with Crippen LogP contribution in [0.25, 0.3) is 11.0 Å². The molecule has 0 unspecified atom stereocenters. The Kier molecular flexibility index (Phi) is 5.17. The Morgan fingerprint density at radius 3 is 2.84 bits per heavy atom. The van der Waals surface area contributed by atoms with Crippen LogP contribution in [-0.4, -0.2) is 40.4 Å². The van der Waals surface area contributed by atoms with Crippen molar-refractivity contribution >= 4 is 28.5 Å². The Morgan fingerprint density at radius 2 is 2.10 bits per heavy atom. The Labute approximate surface area is 178 Å². The number of nitrogens with two attached hydrogens (primary N) is 1. The van der Waals surface area contributed by atoms with Gasteiger partial charge in [-0.3, -0.25) is 18.7 Å². The second-order valence-corrected chi connectivity index (χ2v) is 7.23. The molecular formula is C18H16ClN7O5. The number of furan rings is 1. The fourth-order valence-corrected chi connectivity index (χ4v) is 3.20. The highest BCUT2D eigenvalue weighted by molar-refractivity contribution is 6.31. The Morgan fingerprint density at radius 1 is 1.32 bits per heavy atom. The van der Waals surface area contributed by atoms with E-state index in [1.54, 1.807) is 24.3 Å². The molecule has 1 amide bonds. The molecule has 13 heteroatoms. The van der Waals surface area contributed by atoms with Crippen molar-refractivity contribution in [3.05, 3.63) is 73.5 Å². The van der Waals surface area contributed by atoms with Crippen LogP contribution in [-0.2, 0) is 20.1 Å². The van der Waals surface area contributed by atoms with Crippen molar-refractivity contribution < 1.29 is 14.3 Å². The third-order valence-electron chi connectivity index (χ3n) is 4.59. The highest BCUT2D eigenvalue weighted by Crippen LogP contribution is 2.26. The molecule has 160 valence electrons. The van der Waals surface area contributed by atoms with Crippen molar-refractivity contribution in [2.24, 2.45) is 12.8 Å². The zero-order chi connectivity index (χ0) is 22.3. The molecule has 0 saturated heterocycles. The zero-order valence-electron chi connectivity index (χ0n) is 16.1. The molecule has 31 heavy (non-hydrogen) atoms. The van der Waals surface area contributed by atoms with E-state index in [2.05, 4.69) is 15.4 Å². The first-order chi connectivity index (χ1) is 14.7. The van der Waals surface area contributed by atoms with E-state index in [0.717, 1.165) is 25.5 Å². The molecule has 3 aromatic heterocycles. The third-order valence-corrected chi connectivity index (χ3v) is 4.82. The van der Waals surface area contributed by atoms with Crippen LogP contribution < -0.4 is 17.0 Å². The predicted molar refractivity (Wildman–Crippen MR) is 108 cm³/mol. The summed E-state index contributed by atoms with van der Waals surface area (Å²) >= 11 is 5.96. The van der Waals surface area contributed by atoms with Gasteiger partial charge >= 0.3 is 5.69 Å². The molecule has 4 aromatic rings. The molecule has 0 fully saturated rings. The van der Waals surface area contributed by atoms with E-state index in [9.17, 15) is 19.5 Å². The number of benzene rings is 1. The Bertz CT molecular complexity index is 1420. The number of halogens is 1. The van der Waals surface area contributed by atoms with Gasteiger partial charge in [0.25, 0.3) is 11.5 Å². The van der Waals surface area contributed by atoms with Gasteiger partial charge in [0.15, 0.2) is 5.82 Å². The van der Waals surface area contributed by atoms with Gasteiger partial charge in [0.05, 0.1) is 13.1 Å². The van der Waals surface area contributed by atoms with Gasteiger partial charge in [-0.15, -0.1) is 10.2 Å². The van der Waals surface area contributed by atoms with Crippen LogP contribution >= 0.6 is 11.6 Å². The lowest BCUT2D eigenvalue weighted by Gasteiger charge is -2.07. The molecule has 3 heterocycles. The fraction of sp³-hybridized carbons (Fsp3) is 0.222. The number of nitrogens with zero attached hydrogens (tertiary/aromatic N) is 6. The maximum atomic E-state index is 12.3. The number of hydrogen-bond donors (Lipinski definition) is 2. The quantitative estimate of drug-likeness (QED) is 0.412. The summed E-state index contributed by atoms with van der Waals surface area (Å²) in [5.41, 5.74) is 3.96. The van der Waals surface area contributed by atoms with Crippen LogP contribution in [0.1, 0.15) is 28.0 Å². The zero-order valence-corrected chi connectivity index (χ0v) is 16.9. The summed E-state index contributed by atoms with van der Waals surface area (Å²) in [6, 6.07) is 6.76. The van der Waals surface area contributed by atoms with Crippen LogP contribution in [0.15, 0.2) is 44.5 Å². The lowest BCUT2D eigenvalue weighted by Crippen LogP contribution is -2.42. The monoisotopic (exact) mass is 445 g/mol. The molecule has 12 nitrogen and oxygen atoms in total. The second kappa shape index (κ2) is 7.81. The molecule has 3 N–H and O–H groups in total. The number of aliphatic hydroxyl groups is 1. The lowest BCUT2D eigenvalue weighted by molar-refractivity contribution is 0.0997. The van der Waals surface area contributed by atoms with Gasteiger partial charge in [0, 0.05) is 23.7 Å². The summed E-state index contributed by atoms with van der Waals surface area (Å²) in [7, 11) is 1.23. The minimum atomic E-state index is -1.06. The molecule has 0 aliphatic rings. The van der Waals surface area contributed by atoms with Gasteiger partial charge < -0.3 is 15.3 Å². The van der Waals surface area contributed by atoms with Crippen molar-refractivity contribution in [2.75, 3.05) is 0 Å². The van der Waals surface area contributed by atoms with Crippen LogP contribution in [0.4, 0.5) is 0 Å². The average Bonchev–Trinajstić information content (AvgIpc) is 3.34. The molecule has 1 atom stereocenters. The minimum Gasteiger partial charge on any atom is -0.458 e. The molecule has 0 aliphatic heterocycles. The number of carbonyl (C=O) groups is 1. The highest BCUT2D eigenvalue weighted by Gasteiger charge is 2.18. The van der Waals surface area contributed by atoms with E-state index in [-0.39, 0.29) is 24.5 Å². The van der Waals surface area contributed by atoms with Gasteiger partial charge in [0.2, 0.25) is 0 Å². The number of tetrazole rings is 1. The first-order valence-electron chi connectivity index (χ1n) is 8.97. The summed E-state index contributed by atoms with van der Waals surface area (Å²) in [4.78, 5) is 36.8. The van der Waals surface area contributed by atoms with Crippen LogP contribution in [0.2, 0.25) is 5.02 Å². The maximum Gasteiger partial charge on any atom is 0.331 e. The molecular weight excluding hydrogens is 430 g/mol. The van der Waals surface area contributed by atoms with Gasteiger partial charge in [-0.2, -0.15) is 4.80 Å². The first kappa shape index (κ1) is 20.5. The number of hydrogen-bond acceptors (Lipinski definition) is 8. The lowest BCUT2D eigenvalue weighted by atomic mass is 10.2. The largest absolute Gasteiger partial charge is 0.458 e. The number of amides is 1. The molecule has 0 bridgehead atoms. The number of aliphatic hydroxyl groups excluding tert-OH is 1. The van der Waals surface area contributed by atoms with Crippen molar-refractivity contribution in [2.45, 2.75) is 19.2 Å². The van der Waals surface area contributed by atoms with Crippen molar-refractivity contribution in [1.82, 2.24) is 29.3 Å². The van der Waals surface area contributed by atoms with E-state index in [1.165, 1.54) is 7.05 Å². The summed E-state index contributed by atoms with van der Waals surface area (Å²) in [6.45, 7) is -0.221. The van der Waals surface area contributed by atoms with Crippen molar-refractivity contribution in [3.8, 4) is 0 Å².